The van der Waals surface area contributed by atoms with E-state index in [4.69, 9.17) is 0 Å². The second-order valence-corrected chi connectivity index (χ2v) is 6.13. The lowest BCUT2D eigenvalue weighted by atomic mass is 9.98. The van der Waals surface area contributed by atoms with E-state index in [1.165, 1.54) is 34.2 Å². The number of rotatable bonds is 6. The highest BCUT2D eigenvalue weighted by molar-refractivity contribution is 5.65. The lowest BCUT2D eigenvalue weighted by Crippen LogP contribution is -2.28. The lowest BCUT2D eigenvalue weighted by Gasteiger charge is -2.13. The maximum atomic E-state index is 3.54. The zero-order valence-corrected chi connectivity index (χ0v) is 13.7. The average molecular weight is 281 g/mol. The van der Waals surface area contributed by atoms with Gasteiger partial charge in [0, 0.05) is 6.04 Å². The van der Waals surface area contributed by atoms with E-state index in [2.05, 4.69) is 75.5 Å². The Balaban J connectivity index is 2.08. The molecule has 1 nitrogen and oxygen atoms in total. The molecular weight excluding hydrogens is 254 g/mol. The molecule has 21 heavy (non-hydrogen) atoms. The SMILES string of the molecule is CCCNC(C)Cc1ccc(-c2cc(C)cc(C)c2)cc1. The van der Waals surface area contributed by atoms with Gasteiger partial charge in [-0.3, -0.25) is 0 Å². The molecule has 0 heterocycles. The minimum atomic E-state index is 0.539. The largest absolute Gasteiger partial charge is 0.314 e. The van der Waals surface area contributed by atoms with E-state index in [1.807, 2.05) is 0 Å². The van der Waals surface area contributed by atoms with Crippen LogP contribution in [0.15, 0.2) is 42.5 Å². The van der Waals surface area contributed by atoms with Crippen LogP contribution in [0, 0.1) is 13.8 Å². The quantitative estimate of drug-likeness (QED) is 0.794. The standard InChI is InChI=1S/C20H27N/c1-5-10-21-17(4)14-18-6-8-19(9-7-18)20-12-15(2)11-16(3)13-20/h6-9,11-13,17,21H,5,10,14H2,1-4H3. The first-order valence-electron chi connectivity index (χ1n) is 7.99. The molecule has 0 aliphatic carbocycles. The van der Waals surface area contributed by atoms with Crippen molar-refractivity contribution in [3.8, 4) is 11.1 Å². The summed E-state index contributed by atoms with van der Waals surface area (Å²) >= 11 is 0. The van der Waals surface area contributed by atoms with E-state index in [0.717, 1.165) is 13.0 Å². The van der Waals surface area contributed by atoms with Gasteiger partial charge in [0.1, 0.15) is 0 Å². The fraction of sp³-hybridized carbons (Fsp3) is 0.400. The van der Waals surface area contributed by atoms with Gasteiger partial charge in [0.05, 0.1) is 0 Å². The molecule has 0 bridgehead atoms. The van der Waals surface area contributed by atoms with Crippen LogP contribution >= 0.6 is 0 Å². The van der Waals surface area contributed by atoms with Gasteiger partial charge in [-0.2, -0.15) is 0 Å². The molecule has 1 unspecified atom stereocenters. The number of benzene rings is 2. The van der Waals surface area contributed by atoms with Crippen LogP contribution in [0.3, 0.4) is 0 Å². The van der Waals surface area contributed by atoms with Crippen LogP contribution < -0.4 is 5.32 Å². The fourth-order valence-electron chi connectivity index (χ4n) is 2.79. The van der Waals surface area contributed by atoms with Gasteiger partial charge in [-0.25, -0.2) is 0 Å². The van der Waals surface area contributed by atoms with Gasteiger partial charge < -0.3 is 5.32 Å². The third kappa shape index (κ3) is 4.71. The Kier molecular flexibility index (Phi) is 5.58. The first-order chi connectivity index (χ1) is 10.1. The van der Waals surface area contributed by atoms with Gasteiger partial charge >= 0.3 is 0 Å². The predicted octanol–water partition coefficient (Wildman–Crippen LogP) is 4.90. The molecule has 0 saturated heterocycles. The van der Waals surface area contributed by atoms with Crippen LogP contribution in [-0.4, -0.2) is 12.6 Å². The van der Waals surface area contributed by atoms with Crippen molar-refractivity contribution in [3.05, 3.63) is 59.2 Å². The summed E-state index contributed by atoms with van der Waals surface area (Å²) in [6, 6.07) is 16.3. The van der Waals surface area contributed by atoms with Crippen molar-refractivity contribution in [2.45, 2.75) is 46.6 Å². The molecule has 0 amide bonds. The molecule has 1 N–H and O–H groups in total. The van der Waals surface area contributed by atoms with Crippen molar-refractivity contribution < 1.29 is 0 Å². The van der Waals surface area contributed by atoms with E-state index < -0.39 is 0 Å². The van der Waals surface area contributed by atoms with Crippen LogP contribution in [0.1, 0.15) is 37.0 Å². The Labute approximate surface area is 129 Å². The van der Waals surface area contributed by atoms with Gasteiger partial charge in [-0.05, 0) is 56.8 Å². The topological polar surface area (TPSA) is 12.0 Å². The second-order valence-electron chi connectivity index (χ2n) is 6.13. The van der Waals surface area contributed by atoms with E-state index in [9.17, 15) is 0 Å². The molecule has 2 aromatic carbocycles. The van der Waals surface area contributed by atoms with Gasteiger partial charge in [0.15, 0.2) is 0 Å². The van der Waals surface area contributed by atoms with Crippen molar-refractivity contribution in [2.75, 3.05) is 6.54 Å². The Bertz CT molecular complexity index is 549. The molecule has 0 spiro atoms. The molecule has 0 aliphatic heterocycles. The fourth-order valence-corrected chi connectivity index (χ4v) is 2.79. The molecule has 0 aromatic heterocycles. The van der Waals surface area contributed by atoms with Gasteiger partial charge in [0.25, 0.3) is 0 Å². The van der Waals surface area contributed by atoms with Crippen LogP contribution in [0.2, 0.25) is 0 Å². The molecule has 1 atom stereocenters. The minimum Gasteiger partial charge on any atom is -0.314 e. The molecule has 0 radical (unpaired) electrons. The molecular formula is C20H27N. The Morgan fingerprint density at radius 1 is 0.905 bits per heavy atom. The summed E-state index contributed by atoms with van der Waals surface area (Å²) in [6.07, 6.45) is 2.28. The van der Waals surface area contributed by atoms with Gasteiger partial charge in [0.2, 0.25) is 0 Å². The van der Waals surface area contributed by atoms with Gasteiger partial charge in [-0.1, -0.05) is 60.5 Å². The highest BCUT2D eigenvalue weighted by Gasteiger charge is 2.04. The average Bonchev–Trinajstić information content (AvgIpc) is 2.45. The second kappa shape index (κ2) is 7.42. The van der Waals surface area contributed by atoms with Crippen LogP contribution in [0.4, 0.5) is 0 Å². The van der Waals surface area contributed by atoms with Gasteiger partial charge in [-0.15, -0.1) is 0 Å². The molecule has 2 rings (SSSR count). The maximum absolute atomic E-state index is 3.54. The highest BCUT2D eigenvalue weighted by atomic mass is 14.9. The van der Waals surface area contributed by atoms with Crippen molar-refractivity contribution in [1.82, 2.24) is 5.32 Å². The summed E-state index contributed by atoms with van der Waals surface area (Å²) in [5.74, 6) is 0. The minimum absolute atomic E-state index is 0.539. The normalized spacial score (nSPS) is 12.4. The van der Waals surface area contributed by atoms with Crippen LogP contribution in [0.5, 0.6) is 0 Å². The van der Waals surface area contributed by atoms with Crippen molar-refractivity contribution in [3.63, 3.8) is 0 Å². The lowest BCUT2D eigenvalue weighted by molar-refractivity contribution is 0.543. The van der Waals surface area contributed by atoms with E-state index >= 15 is 0 Å². The summed E-state index contributed by atoms with van der Waals surface area (Å²) in [6.45, 7) is 9.88. The van der Waals surface area contributed by atoms with Crippen LogP contribution in [0.25, 0.3) is 11.1 Å². The first kappa shape index (κ1) is 15.8. The third-order valence-electron chi connectivity index (χ3n) is 3.79. The number of hydrogen-bond donors (Lipinski definition) is 1. The maximum Gasteiger partial charge on any atom is 0.00791 e. The van der Waals surface area contributed by atoms with Crippen LogP contribution in [-0.2, 0) is 6.42 Å². The summed E-state index contributed by atoms with van der Waals surface area (Å²) in [5, 5.41) is 3.54. The smallest absolute Gasteiger partial charge is 0.00791 e. The first-order valence-corrected chi connectivity index (χ1v) is 7.99. The van der Waals surface area contributed by atoms with E-state index in [1.54, 1.807) is 0 Å². The Hall–Kier alpha value is -1.60. The Morgan fingerprint density at radius 3 is 2.10 bits per heavy atom. The monoisotopic (exact) mass is 281 g/mol. The summed E-state index contributed by atoms with van der Waals surface area (Å²) in [4.78, 5) is 0. The molecule has 0 aliphatic rings. The zero-order chi connectivity index (χ0) is 15.2. The van der Waals surface area contributed by atoms with Crippen molar-refractivity contribution in [1.29, 1.82) is 0 Å². The number of nitrogens with one attached hydrogen (secondary N) is 1. The summed E-state index contributed by atoms with van der Waals surface area (Å²) in [7, 11) is 0. The third-order valence-corrected chi connectivity index (χ3v) is 3.79. The molecule has 2 aromatic rings. The summed E-state index contributed by atoms with van der Waals surface area (Å²) in [5.41, 5.74) is 6.67. The van der Waals surface area contributed by atoms with E-state index in [-0.39, 0.29) is 0 Å². The number of hydrogen-bond acceptors (Lipinski definition) is 1. The zero-order valence-electron chi connectivity index (χ0n) is 13.7. The molecule has 112 valence electrons. The van der Waals surface area contributed by atoms with Crippen molar-refractivity contribution in [2.24, 2.45) is 0 Å². The highest BCUT2D eigenvalue weighted by Crippen LogP contribution is 2.23. The summed E-state index contributed by atoms with van der Waals surface area (Å²) < 4.78 is 0. The predicted molar refractivity (Wildman–Crippen MR) is 92.8 cm³/mol. The van der Waals surface area contributed by atoms with Crippen molar-refractivity contribution >= 4 is 0 Å². The van der Waals surface area contributed by atoms with E-state index in [0.29, 0.717) is 6.04 Å². The molecule has 1 heteroatoms. The Morgan fingerprint density at radius 2 is 1.52 bits per heavy atom. The molecule has 0 fully saturated rings. The number of aryl methyl sites for hydroxylation is 2. The molecule has 0 saturated carbocycles.